The highest BCUT2D eigenvalue weighted by Crippen LogP contribution is 2.11. The van der Waals surface area contributed by atoms with Crippen LogP contribution >= 0.6 is 0 Å². The molecule has 0 aromatic carbocycles. The van der Waals surface area contributed by atoms with Crippen LogP contribution in [0.3, 0.4) is 0 Å². The molecule has 0 saturated heterocycles. The molecule has 2 heterocycles. The van der Waals surface area contributed by atoms with E-state index in [9.17, 15) is 0 Å². The van der Waals surface area contributed by atoms with E-state index in [4.69, 9.17) is 0 Å². The Morgan fingerprint density at radius 3 is 3.07 bits per heavy atom. The molecule has 0 aliphatic rings. The van der Waals surface area contributed by atoms with Crippen molar-refractivity contribution in [2.24, 2.45) is 0 Å². The minimum absolute atomic E-state index is 0.829. The van der Waals surface area contributed by atoms with Gasteiger partial charge in [0.2, 0.25) is 0 Å². The number of anilines is 1. The van der Waals surface area contributed by atoms with Gasteiger partial charge in [0, 0.05) is 25.1 Å². The summed E-state index contributed by atoms with van der Waals surface area (Å²) >= 11 is 0. The number of aromatic nitrogens is 2. The number of aromatic amines is 1. The van der Waals surface area contributed by atoms with E-state index in [0.29, 0.717) is 0 Å². The molecule has 0 aliphatic carbocycles. The monoisotopic (exact) mass is 187 g/mol. The Balaban J connectivity index is 2.02. The van der Waals surface area contributed by atoms with Gasteiger partial charge in [0.05, 0.1) is 11.4 Å². The van der Waals surface area contributed by atoms with E-state index in [1.54, 1.807) is 6.20 Å². The lowest BCUT2D eigenvalue weighted by molar-refractivity contribution is 1.11. The molecule has 2 N–H and O–H groups in total. The van der Waals surface area contributed by atoms with Crippen molar-refractivity contribution in [1.29, 1.82) is 0 Å². The molecule has 14 heavy (non-hydrogen) atoms. The van der Waals surface area contributed by atoms with Crippen molar-refractivity contribution >= 4 is 5.69 Å². The summed E-state index contributed by atoms with van der Waals surface area (Å²) in [4.78, 5) is 7.23. The molecule has 3 nitrogen and oxygen atoms in total. The maximum atomic E-state index is 4.21. The second kappa shape index (κ2) is 3.96. The second-order valence-corrected chi connectivity index (χ2v) is 3.21. The lowest BCUT2D eigenvalue weighted by Crippen LogP contribution is -2.00. The van der Waals surface area contributed by atoms with Gasteiger partial charge in [-0.05, 0) is 30.7 Å². The fourth-order valence-corrected chi connectivity index (χ4v) is 1.34. The predicted molar refractivity (Wildman–Crippen MR) is 57.1 cm³/mol. The number of hydrogen-bond acceptors (Lipinski definition) is 2. The number of pyridine rings is 1. The van der Waals surface area contributed by atoms with E-state index in [-0.39, 0.29) is 0 Å². The molecular weight excluding hydrogens is 174 g/mol. The molecule has 0 atom stereocenters. The fourth-order valence-electron chi connectivity index (χ4n) is 1.34. The first-order chi connectivity index (χ1) is 6.86. The summed E-state index contributed by atoms with van der Waals surface area (Å²) < 4.78 is 0. The van der Waals surface area contributed by atoms with Crippen molar-refractivity contribution in [3.8, 4) is 0 Å². The Bertz CT molecular complexity index is 393. The number of nitrogens with one attached hydrogen (secondary N) is 2. The average molecular weight is 187 g/mol. The van der Waals surface area contributed by atoms with Gasteiger partial charge in [-0.15, -0.1) is 0 Å². The molecule has 2 aromatic heterocycles. The zero-order valence-corrected chi connectivity index (χ0v) is 8.12. The minimum atomic E-state index is 0.829. The Labute approximate surface area is 83.2 Å². The maximum Gasteiger partial charge on any atom is 0.0603 e. The van der Waals surface area contributed by atoms with Crippen LogP contribution in [-0.4, -0.2) is 9.97 Å². The highest BCUT2D eigenvalue weighted by atomic mass is 14.9. The van der Waals surface area contributed by atoms with E-state index in [2.05, 4.69) is 21.4 Å². The molecule has 3 heteroatoms. The van der Waals surface area contributed by atoms with Crippen LogP contribution in [0.25, 0.3) is 0 Å². The molecule has 2 rings (SSSR count). The normalized spacial score (nSPS) is 10.1. The summed E-state index contributed by atoms with van der Waals surface area (Å²) in [5, 5.41) is 3.33. The molecule has 0 radical (unpaired) electrons. The van der Waals surface area contributed by atoms with E-state index in [1.165, 1.54) is 5.56 Å². The van der Waals surface area contributed by atoms with Crippen LogP contribution < -0.4 is 5.32 Å². The fraction of sp³-hybridized carbons (Fsp3) is 0.182. The summed E-state index contributed by atoms with van der Waals surface area (Å²) in [7, 11) is 0. The Hall–Kier alpha value is -1.77. The summed E-state index contributed by atoms with van der Waals surface area (Å²) in [6.45, 7) is 2.83. The third kappa shape index (κ3) is 1.93. The van der Waals surface area contributed by atoms with Crippen molar-refractivity contribution in [2.75, 3.05) is 5.32 Å². The highest BCUT2D eigenvalue weighted by molar-refractivity contribution is 5.46. The van der Waals surface area contributed by atoms with Crippen molar-refractivity contribution < 1.29 is 0 Å². The first-order valence-corrected chi connectivity index (χ1v) is 4.63. The third-order valence-electron chi connectivity index (χ3n) is 2.15. The molecule has 0 unspecified atom stereocenters. The summed E-state index contributed by atoms with van der Waals surface area (Å²) in [5.41, 5.74) is 3.37. The number of aryl methyl sites for hydroxylation is 1. The highest BCUT2D eigenvalue weighted by Gasteiger charge is 1.97. The maximum absolute atomic E-state index is 4.21. The lowest BCUT2D eigenvalue weighted by atomic mass is 10.3. The van der Waals surface area contributed by atoms with Gasteiger partial charge in [-0.3, -0.25) is 4.98 Å². The summed E-state index contributed by atoms with van der Waals surface area (Å²) in [6.07, 6.45) is 5.71. The van der Waals surface area contributed by atoms with Crippen LogP contribution in [0.4, 0.5) is 5.69 Å². The van der Waals surface area contributed by atoms with Gasteiger partial charge in [-0.2, -0.15) is 0 Å². The first-order valence-electron chi connectivity index (χ1n) is 4.63. The molecule has 0 bridgehead atoms. The van der Waals surface area contributed by atoms with Gasteiger partial charge < -0.3 is 10.3 Å². The second-order valence-electron chi connectivity index (χ2n) is 3.21. The van der Waals surface area contributed by atoms with Gasteiger partial charge >= 0.3 is 0 Å². The zero-order chi connectivity index (χ0) is 9.80. The van der Waals surface area contributed by atoms with Crippen LogP contribution in [0.5, 0.6) is 0 Å². The largest absolute Gasteiger partial charge is 0.379 e. The molecule has 0 aliphatic heterocycles. The number of rotatable bonds is 3. The van der Waals surface area contributed by atoms with Crippen molar-refractivity contribution in [3.63, 3.8) is 0 Å². The Morgan fingerprint density at radius 1 is 1.43 bits per heavy atom. The summed E-state index contributed by atoms with van der Waals surface area (Å²) in [5.74, 6) is 0. The average Bonchev–Trinajstić information content (AvgIpc) is 2.69. The van der Waals surface area contributed by atoms with Crippen LogP contribution in [0.2, 0.25) is 0 Å². The molecule has 0 amide bonds. The Morgan fingerprint density at radius 2 is 2.36 bits per heavy atom. The molecule has 2 aromatic rings. The number of H-pyrrole nitrogens is 1. The van der Waals surface area contributed by atoms with Gasteiger partial charge in [-0.25, -0.2) is 0 Å². The SMILES string of the molecule is Cc1ncccc1NCc1cc[nH]c1. The lowest BCUT2D eigenvalue weighted by Gasteiger charge is -2.06. The van der Waals surface area contributed by atoms with Crippen LogP contribution in [0.15, 0.2) is 36.8 Å². The van der Waals surface area contributed by atoms with Crippen molar-refractivity contribution in [2.45, 2.75) is 13.5 Å². The Kier molecular flexibility index (Phi) is 2.49. The number of nitrogens with zero attached hydrogens (tertiary/aromatic N) is 1. The molecular formula is C11H13N3. The number of hydrogen-bond donors (Lipinski definition) is 2. The van der Waals surface area contributed by atoms with Gasteiger partial charge in [0.15, 0.2) is 0 Å². The van der Waals surface area contributed by atoms with Crippen LogP contribution in [0.1, 0.15) is 11.3 Å². The standard InChI is InChI=1S/C11H13N3/c1-9-11(3-2-5-13-9)14-8-10-4-6-12-7-10/h2-7,12,14H,8H2,1H3. The van der Waals surface area contributed by atoms with E-state index < -0.39 is 0 Å². The first kappa shape index (κ1) is 8.81. The van der Waals surface area contributed by atoms with Gasteiger partial charge in [0.1, 0.15) is 0 Å². The molecule has 72 valence electrons. The van der Waals surface area contributed by atoms with Gasteiger partial charge in [0.25, 0.3) is 0 Å². The van der Waals surface area contributed by atoms with Gasteiger partial charge in [-0.1, -0.05) is 0 Å². The van der Waals surface area contributed by atoms with Crippen LogP contribution in [0, 0.1) is 6.92 Å². The van der Waals surface area contributed by atoms with Crippen molar-refractivity contribution in [1.82, 2.24) is 9.97 Å². The smallest absolute Gasteiger partial charge is 0.0603 e. The van der Waals surface area contributed by atoms with E-state index >= 15 is 0 Å². The topological polar surface area (TPSA) is 40.7 Å². The van der Waals surface area contributed by atoms with E-state index in [1.807, 2.05) is 31.5 Å². The molecule has 0 fully saturated rings. The third-order valence-corrected chi connectivity index (χ3v) is 2.15. The molecule has 0 saturated carbocycles. The summed E-state index contributed by atoms with van der Waals surface area (Å²) in [6, 6.07) is 6.03. The minimum Gasteiger partial charge on any atom is -0.379 e. The zero-order valence-electron chi connectivity index (χ0n) is 8.12. The quantitative estimate of drug-likeness (QED) is 0.774. The van der Waals surface area contributed by atoms with E-state index in [0.717, 1.165) is 17.9 Å². The van der Waals surface area contributed by atoms with Crippen molar-refractivity contribution in [3.05, 3.63) is 48.0 Å². The predicted octanol–water partition coefficient (Wildman–Crippen LogP) is 2.33. The molecule has 0 spiro atoms. The van der Waals surface area contributed by atoms with Crippen LogP contribution in [-0.2, 0) is 6.54 Å².